The summed E-state index contributed by atoms with van der Waals surface area (Å²) in [4.78, 5) is 21.0. The molecule has 6 aromatic rings. The molecule has 1 aliphatic heterocycles. The second kappa shape index (κ2) is 10.9. The van der Waals surface area contributed by atoms with Gasteiger partial charge in [-0.05, 0) is 49.2 Å². The minimum Gasteiger partial charge on any atom is -0.356 e. The van der Waals surface area contributed by atoms with Crippen LogP contribution in [0.15, 0.2) is 85.2 Å². The van der Waals surface area contributed by atoms with E-state index in [1.807, 2.05) is 49.6 Å². The quantitative estimate of drug-likeness (QED) is 0.288. The second-order valence-electron chi connectivity index (χ2n) is 10.3. The van der Waals surface area contributed by atoms with Crippen molar-refractivity contribution in [3.63, 3.8) is 0 Å². The van der Waals surface area contributed by atoms with Gasteiger partial charge in [-0.3, -0.25) is 15.0 Å². The van der Waals surface area contributed by atoms with Crippen molar-refractivity contribution < 1.29 is 0 Å². The van der Waals surface area contributed by atoms with Crippen LogP contribution < -0.4 is 5.32 Å². The van der Waals surface area contributed by atoms with E-state index in [0.717, 1.165) is 72.2 Å². The number of piperidine rings is 1. The summed E-state index contributed by atoms with van der Waals surface area (Å²) < 4.78 is 1.73. The summed E-state index contributed by atoms with van der Waals surface area (Å²) in [6.07, 6.45) is 5.85. The van der Waals surface area contributed by atoms with Gasteiger partial charge in [0.25, 0.3) is 5.78 Å². The highest BCUT2D eigenvalue weighted by Gasteiger charge is 2.24. The third-order valence-corrected chi connectivity index (χ3v) is 7.64. The van der Waals surface area contributed by atoms with Crippen molar-refractivity contribution in [1.82, 2.24) is 44.6 Å². The van der Waals surface area contributed by atoms with Crippen molar-refractivity contribution in [2.45, 2.75) is 25.3 Å². The van der Waals surface area contributed by atoms with Gasteiger partial charge in [-0.2, -0.15) is 10.1 Å². The summed E-state index contributed by atoms with van der Waals surface area (Å²) >= 11 is 0. The molecule has 0 unspecified atom stereocenters. The molecule has 2 aromatic carbocycles. The topological polar surface area (TPSA) is 113 Å². The van der Waals surface area contributed by atoms with Gasteiger partial charge in [0.05, 0.1) is 5.69 Å². The summed E-state index contributed by atoms with van der Waals surface area (Å²) in [5.74, 6) is 3.10. The first-order chi connectivity index (χ1) is 20.2. The average molecular weight is 543 g/mol. The normalized spacial score (nSPS) is 14.5. The van der Waals surface area contributed by atoms with Gasteiger partial charge in [-0.1, -0.05) is 60.7 Å². The maximum atomic E-state index is 4.91. The molecule has 0 aliphatic carbocycles. The molecular weight excluding hydrogens is 512 g/mol. The van der Waals surface area contributed by atoms with E-state index in [9.17, 15) is 0 Å². The largest absolute Gasteiger partial charge is 0.356 e. The van der Waals surface area contributed by atoms with Crippen molar-refractivity contribution in [3.05, 3.63) is 96.6 Å². The molecular formula is C31H30N10. The molecule has 2 N–H and O–H groups in total. The first-order valence-electron chi connectivity index (χ1n) is 13.9. The number of hydrogen-bond acceptors (Lipinski definition) is 8. The SMILES string of the molecule is CNc1nc2nc(-c3ccc(CN4CCC(c5n[nH]c(-c6ccccn6)n5)CC4)cc3)c(-c3ccccc3)cn2n1. The zero-order valence-electron chi connectivity index (χ0n) is 22.8. The van der Waals surface area contributed by atoms with Crippen molar-refractivity contribution >= 4 is 11.7 Å². The van der Waals surface area contributed by atoms with Crippen LogP contribution in [-0.2, 0) is 6.54 Å². The van der Waals surface area contributed by atoms with Crippen LogP contribution in [0, 0.1) is 0 Å². The molecule has 1 fully saturated rings. The highest BCUT2D eigenvalue weighted by atomic mass is 15.4. The maximum absolute atomic E-state index is 4.91. The summed E-state index contributed by atoms with van der Waals surface area (Å²) in [5, 5.41) is 15.1. The third-order valence-electron chi connectivity index (χ3n) is 7.64. The lowest BCUT2D eigenvalue weighted by Gasteiger charge is -2.30. The number of likely N-dealkylation sites (tertiary alicyclic amines) is 1. The van der Waals surface area contributed by atoms with Gasteiger partial charge in [0, 0.05) is 43.0 Å². The Balaban J connectivity index is 1.05. The Morgan fingerprint density at radius 3 is 2.44 bits per heavy atom. The predicted molar refractivity (Wildman–Crippen MR) is 158 cm³/mol. The number of nitrogens with zero attached hydrogens (tertiary/aromatic N) is 8. The molecule has 10 heteroatoms. The zero-order chi connectivity index (χ0) is 27.6. The van der Waals surface area contributed by atoms with Crippen LogP contribution in [0.3, 0.4) is 0 Å². The van der Waals surface area contributed by atoms with E-state index in [4.69, 9.17) is 9.97 Å². The first kappa shape index (κ1) is 25.0. The highest BCUT2D eigenvalue weighted by Crippen LogP contribution is 2.32. The van der Waals surface area contributed by atoms with Gasteiger partial charge in [0.1, 0.15) is 5.69 Å². The molecule has 0 saturated carbocycles. The van der Waals surface area contributed by atoms with Gasteiger partial charge >= 0.3 is 0 Å². The number of nitrogens with one attached hydrogen (secondary N) is 2. The fourth-order valence-electron chi connectivity index (χ4n) is 5.43. The Hall–Kier alpha value is -4.96. The Labute approximate surface area is 237 Å². The zero-order valence-corrected chi connectivity index (χ0v) is 22.8. The van der Waals surface area contributed by atoms with E-state index >= 15 is 0 Å². The van der Waals surface area contributed by atoms with Crippen LogP contribution in [-0.4, -0.2) is 64.8 Å². The molecule has 4 aromatic heterocycles. The molecule has 1 saturated heterocycles. The molecule has 5 heterocycles. The summed E-state index contributed by atoms with van der Waals surface area (Å²) in [6, 6.07) is 24.8. The molecule has 1 aliphatic rings. The number of aromatic amines is 1. The molecule has 0 spiro atoms. The van der Waals surface area contributed by atoms with Gasteiger partial charge in [0.2, 0.25) is 5.95 Å². The van der Waals surface area contributed by atoms with Crippen molar-refractivity contribution in [1.29, 1.82) is 0 Å². The van der Waals surface area contributed by atoms with Crippen LogP contribution in [0.4, 0.5) is 5.95 Å². The molecule has 204 valence electrons. The number of hydrogen-bond donors (Lipinski definition) is 2. The number of anilines is 1. The van der Waals surface area contributed by atoms with E-state index in [1.165, 1.54) is 5.56 Å². The number of fused-ring (bicyclic) bond motifs is 1. The Morgan fingerprint density at radius 2 is 1.68 bits per heavy atom. The number of H-pyrrole nitrogens is 1. The van der Waals surface area contributed by atoms with E-state index < -0.39 is 0 Å². The standard InChI is InChI=1S/C31H30N10/c1-32-30-36-31-34-27(25(20-41(31)39-30)22-7-3-2-4-8-22)23-12-10-21(11-13-23)19-40-17-14-24(15-18-40)28-35-29(38-37-28)26-9-5-6-16-33-26/h2-13,16,20,24H,14-15,17-19H2,1H3,(H,32,39)(H,35,37,38). The van der Waals surface area contributed by atoms with Gasteiger partial charge in [0.15, 0.2) is 11.6 Å². The van der Waals surface area contributed by atoms with Gasteiger partial charge in [-0.15, -0.1) is 5.10 Å². The maximum Gasteiger partial charge on any atom is 0.254 e. The number of benzene rings is 2. The summed E-state index contributed by atoms with van der Waals surface area (Å²) in [7, 11) is 1.81. The molecule has 0 radical (unpaired) electrons. The monoisotopic (exact) mass is 542 g/mol. The highest BCUT2D eigenvalue weighted by molar-refractivity contribution is 5.81. The van der Waals surface area contributed by atoms with E-state index in [0.29, 0.717) is 17.6 Å². The molecule has 41 heavy (non-hydrogen) atoms. The Bertz CT molecular complexity index is 1750. The minimum atomic E-state index is 0.361. The molecule has 0 amide bonds. The van der Waals surface area contributed by atoms with E-state index in [1.54, 1.807) is 10.7 Å². The summed E-state index contributed by atoms with van der Waals surface area (Å²) in [5.41, 5.74) is 6.15. The van der Waals surface area contributed by atoms with Crippen LogP contribution in [0.2, 0.25) is 0 Å². The lowest BCUT2D eigenvalue weighted by molar-refractivity contribution is 0.202. The number of rotatable bonds is 7. The smallest absolute Gasteiger partial charge is 0.254 e. The Morgan fingerprint density at radius 1 is 0.878 bits per heavy atom. The van der Waals surface area contributed by atoms with Crippen LogP contribution >= 0.6 is 0 Å². The molecule has 0 atom stereocenters. The van der Waals surface area contributed by atoms with Crippen molar-refractivity contribution in [2.24, 2.45) is 0 Å². The average Bonchev–Trinajstić information content (AvgIpc) is 3.70. The molecule has 7 rings (SSSR count). The van der Waals surface area contributed by atoms with Gasteiger partial charge in [-0.25, -0.2) is 14.5 Å². The fourth-order valence-corrected chi connectivity index (χ4v) is 5.43. The molecule has 10 nitrogen and oxygen atoms in total. The third kappa shape index (κ3) is 5.17. The predicted octanol–water partition coefficient (Wildman–Crippen LogP) is 5.06. The first-order valence-corrected chi connectivity index (χ1v) is 13.9. The number of aromatic nitrogens is 8. The summed E-state index contributed by atoms with van der Waals surface area (Å²) in [6.45, 7) is 2.93. The van der Waals surface area contributed by atoms with E-state index in [-0.39, 0.29) is 0 Å². The van der Waals surface area contributed by atoms with E-state index in [2.05, 4.69) is 71.9 Å². The lowest BCUT2D eigenvalue weighted by Crippen LogP contribution is -2.32. The molecule has 0 bridgehead atoms. The number of pyridine rings is 1. The Kier molecular flexibility index (Phi) is 6.65. The second-order valence-corrected chi connectivity index (χ2v) is 10.3. The van der Waals surface area contributed by atoms with Gasteiger partial charge < -0.3 is 5.32 Å². The van der Waals surface area contributed by atoms with Crippen LogP contribution in [0.1, 0.15) is 30.1 Å². The van der Waals surface area contributed by atoms with Crippen molar-refractivity contribution in [3.8, 4) is 33.9 Å². The lowest BCUT2D eigenvalue weighted by atomic mass is 9.95. The minimum absolute atomic E-state index is 0.361. The van der Waals surface area contributed by atoms with Crippen LogP contribution in [0.25, 0.3) is 39.7 Å². The van der Waals surface area contributed by atoms with Crippen LogP contribution in [0.5, 0.6) is 0 Å². The fraction of sp³-hybridized carbons (Fsp3) is 0.226. The van der Waals surface area contributed by atoms with Crippen molar-refractivity contribution in [2.75, 3.05) is 25.5 Å².